The fourth-order valence-corrected chi connectivity index (χ4v) is 1.24. The molecular weight excluding hydrogens is 86.1 g/mol. The van der Waals surface area contributed by atoms with Crippen molar-refractivity contribution in [2.45, 2.75) is 19.3 Å². The van der Waals surface area contributed by atoms with Crippen LogP contribution in [0.4, 0.5) is 0 Å². The third kappa shape index (κ3) is 0.279. The van der Waals surface area contributed by atoms with Crippen molar-refractivity contribution in [3.8, 4) is 6.07 Å². The summed E-state index contributed by atoms with van der Waals surface area (Å²) in [6, 6.07) is 2.29. The molecule has 0 radical (unpaired) electrons. The van der Waals surface area contributed by atoms with Gasteiger partial charge in [0.2, 0.25) is 0 Å². The summed E-state index contributed by atoms with van der Waals surface area (Å²) in [5, 5.41) is 8.33. The molecule has 1 spiro atoms. The maximum atomic E-state index is 8.33. The van der Waals surface area contributed by atoms with Crippen molar-refractivity contribution in [3.05, 3.63) is 0 Å². The third-order valence-corrected chi connectivity index (χ3v) is 2.24. The van der Waals surface area contributed by atoms with Gasteiger partial charge in [0.1, 0.15) is 0 Å². The van der Waals surface area contributed by atoms with Crippen LogP contribution in [-0.2, 0) is 0 Å². The zero-order chi connectivity index (χ0) is 4.91. The van der Waals surface area contributed by atoms with Crippen molar-refractivity contribution < 1.29 is 0 Å². The quantitative estimate of drug-likeness (QED) is 0.443. The molecule has 2 saturated carbocycles. The second-order valence-corrected chi connectivity index (χ2v) is 2.75. The molecule has 2 fully saturated rings. The minimum absolute atomic E-state index is 0.465. The molecule has 2 aliphatic carbocycles. The van der Waals surface area contributed by atoms with Crippen molar-refractivity contribution in [1.29, 1.82) is 5.26 Å². The van der Waals surface area contributed by atoms with Gasteiger partial charge in [-0.05, 0) is 24.7 Å². The summed E-state index contributed by atoms with van der Waals surface area (Å²) in [5.41, 5.74) is 0.606. The average Bonchev–Trinajstić information content (AvgIpc) is 2.52. The summed E-state index contributed by atoms with van der Waals surface area (Å²) < 4.78 is 0. The molecule has 0 aromatic carbocycles. The van der Waals surface area contributed by atoms with Crippen molar-refractivity contribution in [1.82, 2.24) is 0 Å². The van der Waals surface area contributed by atoms with Gasteiger partial charge in [-0.2, -0.15) is 5.26 Å². The Kier molecular flexibility index (Phi) is 0.353. The highest BCUT2D eigenvalue weighted by molar-refractivity contribution is 5.20. The van der Waals surface area contributed by atoms with Crippen LogP contribution in [0.5, 0.6) is 0 Å². The Bertz CT molecular complexity index is 139. The number of nitriles is 1. The molecule has 0 heterocycles. The van der Waals surface area contributed by atoms with Crippen LogP contribution in [0.25, 0.3) is 0 Å². The van der Waals surface area contributed by atoms with Crippen molar-refractivity contribution >= 4 is 0 Å². The van der Waals surface area contributed by atoms with E-state index >= 15 is 0 Å². The molecule has 0 saturated heterocycles. The number of hydrogen-bond donors (Lipinski definition) is 0. The number of hydrogen-bond acceptors (Lipinski definition) is 1. The van der Waals surface area contributed by atoms with E-state index in [9.17, 15) is 0 Å². The van der Waals surface area contributed by atoms with E-state index in [1.54, 1.807) is 0 Å². The van der Waals surface area contributed by atoms with Gasteiger partial charge in [0, 0.05) is 0 Å². The van der Waals surface area contributed by atoms with Gasteiger partial charge in [-0.3, -0.25) is 0 Å². The molecule has 7 heavy (non-hydrogen) atoms. The van der Waals surface area contributed by atoms with Crippen LogP contribution >= 0.6 is 0 Å². The van der Waals surface area contributed by atoms with E-state index in [4.69, 9.17) is 5.26 Å². The lowest BCUT2D eigenvalue weighted by Crippen LogP contribution is -1.69. The van der Waals surface area contributed by atoms with E-state index in [0.717, 1.165) is 0 Å². The van der Waals surface area contributed by atoms with Crippen molar-refractivity contribution in [2.24, 2.45) is 11.3 Å². The molecule has 2 aliphatic rings. The normalized spacial score (nSPS) is 40.1. The molecular formula is C6H7N. The third-order valence-electron chi connectivity index (χ3n) is 2.24. The van der Waals surface area contributed by atoms with Gasteiger partial charge in [-0.15, -0.1) is 0 Å². The molecule has 0 unspecified atom stereocenters. The second-order valence-electron chi connectivity index (χ2n) is 2.75. The lowest BCUT2D eigenvalue weighted by molar-refractivity contribution is 0.832. The predicted molar refractivity (Wildman–Crippen MR) is 25.4 cm³/mol. The van der Waals surface area contributed by atoms with Gasteiger partial charge >= 0.3 is 0 Å². The van der Waals surface area contributed by atoms with Crippen LogP contribution in [0.15, 0.2) is 0 Å². The van der Waals surface area contributed by atoms with E-state index < -0.39 is 0 Å². The van der Waals surface area contributed by atoms with E-state index in [1.807, 2.05) is 0 Å². The van der Waals surface area contributed by atoms with Crippen LogP contribution in [0.2, 0.25) is 0 Å². The zero-order valence-electron chi connectivity index (χ0n) is 4.15. The zero-order valence-corrected chi connectivity index (χ0v) is 4.15. The topological polar surface area (TPSA) is 23.8 Å². The molecule has 2 rings (SSSR count). The lowest BCUT2D eigenvalue weighted by atomic mass is 10.3. The Labute approximate surface area is 42.9 Å². The minimum atomic E-state index is 0.465. The van der Waals surface area contributed by atoms with Crippen molar-refractivity contribution in [3.63, 3.8) is 0 Å². The highest BCUT2D eigenvalue weighted by atomic mass is 14.7. The van der Waals surface area contributed by atoms with E-state index in [1.165, 1.54) is 19.3 Å². The highest BCUT2D eigenvalue weighted by Crippen LogP contribution is 2.70. The van der Waals surface area contributed by atoms with Gasteiger partial charge < -0.3 is 0 Å². The molecule has 0 amide bonds. The standard InChI is InChI=1S/C6H7N/c7-4-5-3-6(5)1-2-6/h5H,1-3H2/t5-/m0/s1. The smallest absolute Gasteiger partial charge is 0.0661 e. The summed E-state index contributed by atoms with van der Waals surface area (Å²) in [6.45, 7) is 0. The predicted octanol–water partition coefficient (Wildman–Crippen LogP) is 1.31. The Morgan fingerprint density at radius 3 is 2.43 bits per heavy atom. The average molecular weight is 93.1 g/mol. The second kappa shape index (κ2) is 0.709. The molecule has 1 atom stereocenters. The van der Waals surface area contributed by atoms with Gasteiger partial charge in [-0.1, -0.05) is 0 Å². The first-order valence-corrected chi connectivity index (χ1v) is 2.77. The first-order chi connectivity index (χ1) is 3.37. The summed E-state index contributed by atoms with van der Waals surface area (Å²) in [7, 11) is 0. The SMILES string of the molecule is N#C[C@@H]1CC12CC2. The lowest BCUT2D eigenvalue weighted by Gasteiger charge is -1.69. The van der Waals surface area contributed by atoms with E-state index in [0.29, 0.717) is 11.3 Å². The van der Waals surface area contributed by atoms with Crippen LogP contribution in [0.3, 0.4) is 0 Å². The van der Waals surface area contributed by atoms with Crippen LogP contribution in [0, 0.1) is 22.7 Å². The Morgan fingerprint density at radius 2 is 2.29 bits per heavy atom. The molecule has 0 aromatic heterocycles. The monoisotopic (exact) mass is 93.1 g/mol. The van der Waals surface area contributed by atoms with Crippen LogP contribution in [0.1, 0.15) is 19.3 Å². The van der Waals surface area contributed by atoms with Gasteiger partial charge in [0.05, 0.1) is 12.0 Å². The largest absolute Gasteiger partial charge is 0.198 e. The van der Waals surface area contributed by atoms with E-state index in [-0.39, 0.29) is 0 Å². The molecule has 1 nitrogen and oxygen atoms in total. The molecule has 0 aliphatic heterocycles. The van der Waals surface area contributed by atoms with Crippen molar-refractivity contribution in [2.75, 3.05) is 0 Å². The molecule has 1 heteroatoms. The fraction of sp³-hybridized carbons (Fsp3) is 0.833. The fourth-order valence-electron chi connectivity index (χ4n) is 1.24. The molecule has 0 N–H and O–H groups in total. The summed E-state index contributed by atoms with van der Waals surface area (Å²) in [4.78, 5) is 0. The summed E-state index contributed by atoms with van der Waals surface area (Å²) >= 11 is 0. The molecule has 0 aromatic rings. The Balaban J connectivity index is 2.13. The summed E-state index contributed by atoms with van der Waals surface area (Å²) in [5.74, 6) is 0.465. The first-order valence-electron chi connectivity index (χ1n) is 2.77. The molecule has 0 bridgehead atoms. The maximum Gasteiger partial charge on any atom is 0.0661 e. The van der Waals surface area contributed by atoms with Crippen LogP contribution < -0.4 is 0 Å². The Hall–Kier alpha value is -0.510. The van der Waals surface area contributed by atoms with Crippen LogP contribution in [-0.4, -0.2) is 0 Å². The summed E-state index contributed by atoms with van der Waals surface area (Å²) in [6.07, 6.45) is 3.89. The maximum absolute atomic E-state index is 8.33. The first kappa shape index (κ1) is 3.49. The molecule has 36 valence electrons. The highest BCUT2D eigenvalue weighted by Gasteiger charge is 2.63. The van der Waals surface area contributed by atoms with Gasteiger partial charge in [0.25, 0.3) is 0 Å². The minimum Gasteiger partial charge on any atom is -0.198 e. The van der Waals surface area contributed by atoms with E-state index in [2.05, 4.69) is 6.07 Å². The number of nitrogens with zero attached hydrogens (tertiary/aromatic N) is 1. The van der Waals surface area contributed by atoms with Gasteiger partial charge in [-0.25, -0.2) is 0 Å². The Morgan fingerprint density at radius 1 is 1.57 bits per heavy atom. The number of rotatable bonds is 0. The van der Waals surface area contributed by atoms with Gasteiger partial charge in [0.15, 0.2) is 0 Å².